The number of hydrogen-bond donors (Lipinski definition) is 0. The molecule has 0 unspecified atom stereocenters. The maximum atomic E-state index is 13.7. The molecule has 0 amide bonds. The smallest absolute Gasteiger partial charge is 0.162 e. The van der Waals surface area contributed by atoms with Crippen LogP contribution in [-0.4, -0.2) is 0 Å². The van der Waals surface area contributed by atoms with Gasteiger partial charge in [0.25, 0.3) is 0 Å². The van der Waals surface area contributed by atoms with Crippen molar-refractivity contribution in [1.82, 2.24) is 0 Å². The average Bonchev–Trinajstić information content (AvgIpc) is 2.35. The van der Waals surface area contributed by atoms with Crippen LogP contribution in [0.1, 0.15) is 16.7 Å². The number of halogens is 4. The molecule has 0 saturated heterocycles. The fraction of sp³-hybridized carbons (Fsp3) is 0.143. The Kier molecular flexibility index (Phi) is 3.36. The fourth-order valence-corrected chi connectivity index (χ4v) is 1.74. The molecule has 0 aliphatic carbocycles. The molecule has 0 fully saturated rings. The average molecular weight is 254 g/mol. The van der Waals surface area contributed by atoms with Crippen molar-refractivity contribution in [3.63, 3.8) is 0 Å². The second-order valence-electron chi connectivity index (χ2n) is 4.04. The second kappa shape index (κ2) is 4.80. The first kappa shape index (κ1) is 12.6. The summed E-state index contributed by atoms with van der Waals surface area (Å²) in [5.74, 6) is -3.36. The van der Waals surface area contributed by atoms with Gasteiger partial charge in [-0.05, 0) is 30.2 Å². The van der Waals surface area contributed by atoms with E-state index in [1.54, 1.807) is 0 Å². The highest BCUT2D eigenvalue weighted by molar-refractivity contribution is 5.32. The first-order chi connectivity index (χ1) is 8.50. The van der Waals surface area contributed by atoms with Crippen LogP contribution in [0.4, 0.5) is 17.6 Å². The van der Waals surface area contributed by atoms with Crippen molar-refractivity contribution in [3.05, 3.63) is 70.3 Å². The molecule has 4 heteroatoms. The Morgan fingerprint density at radius 2 is 1.44 bits per heavy atom. The van der Waals surface area contributed by atoms with E-state index in [4.69, 9.17) is 0 Å². The van der Waals surface area contributed by atoms with Crippen molar-refractivity contribution in [2.24, 2.45) is 0 Å². The molecule has 0 aliphatic heterocycles. The molecule has 2 aromatic rings. The highest BCUT2D eigenvalue weighted by Crippen LogP contribution is 2.21. The molecule has 0 bridgehead atoms. The SMILES string of the molecule is Cc1c(F)ccc(Cc2cccc(F)c2F)c1F. The van der Waals surface area contributed by atoms with Crippen LogP contribution in [0.2, 0.25) is 0 Å². The second-order valence-corrected chi connectivity index (χ2v) is 4.04. The van der Waals surface area contributed by atoms with Gasteiger partial charge in [0, 0.05) is 12.0 Å². The van der Waals surface area contributed by atoms with Crippen LogP contribution in [0.5, 0.6) is 0 Å². The molecule has 0 N–H and O–H groups in total. The maximum Gasteiger partial charge on any atom is 0.162 e. The summed E-state index contributed by atoms with van der Waals surface area (Å²) in [6.45, 7) is 1.30. The van der Waals surface area contributed by atoms with Crippen LogP contribution in [0.15, 0.2) is 30.3 Å². The Hall–Kier alpha value is -1.84. The van der Waals surface area contributed by atoms with E-state index in [0.29, 0.717) is 0 Å². The summed E-state index contributed by atoms with van der Waals surface area (Å²) in [6.07, 6.45) is -0.115. The zero-order valence-corrected chi connectivity index (χ0v) is 9.61. The van der Waals surface area contributed by atoms with E-state index in [0.717, 1.165) is 12.1 Å². The van der Waals surface area contributed by atoms with Crippen LogP contribution >= 0.6 is 0 Å². The lowest BCUT2D eigenvalue weighted by molar-refractivity contribution is 0.499. The third kappa shape index (κ3) is 2.23. The van der Waals surface area contributed by atoms with Crippen molar-refractivity contribution >= 4 is 0 Å². The first-order valence-corrected chi connectivity index (χ1v) is 5.37. The zero-order valence-electron chi connectivity index (χ0n) is 9.61. The van der Waals surface area contributed by atoms with Crippen molar-refractivity contribution in [1.29, 1.82) is 0 Å². The number of benzene rings is 2. The molecule has 0 radical (unpaired) electrons. The zero-order chi connectivity index (χ0) is 13.3. The summed E-state index contributed by atoms with van der Waals surface area (Å²) >= 11 is 0. The van der Waals surface area contributed by atoms with Crippen molar-refractivity contribution in [2.45, 2.75) is 13.3 Å². The molecule has 0 saturated carbocycles. The van der Waals surface area contributed by atoms with Crippen LogP contribution in [0, 0.1) is 30.2 Å². The molecular weight excluding hydrogens is 244 g/mol. The highest BCUT2D eigenvalue weighted by atomic mass is 19.2. The van der Waals surface area contributed by atoms with Crippen LogP contribution in [0.3, 0.4) is 0 Å². The monoisotopic (exact) mass is 254 g/mol. The van der Waals surface area contributed by atoms with E-state index in [1.165, 1.54) is 25.1 Å². The summed E-state index contributed by atoms with van der Waals surface area (Å²) < 4.78 is 53.2. The van der Waals surface area contributed by atoms with Gasteiger partial charge in [0.15, 0.2) is 11.6 Å². The maximum absolute atomic E-state index is 13.7. The Morgan fingerprint density at radius 3 is 2.17 bits per heavy atom. The topological polar surface area (TPSA) is 0 Å². The fourth-order valence-electron chi connectivity index (χ4n) is 1.74. The van der Waals surface area contributed by atoms with Gasteiger partial charge in [-0.1, -0.05) is 18.2 Å². The third-order valence-corrected chi connectivity index (χ3v) is 2.81. The van der Waals surface area contributed by atoms with Gasteiger partial charge < -0.3 is 0 Å². The van der Waals surface area contributed by atoms with Crippen LogP contribution in [0.25, 0.3) is 0 Å². The minimum absolute atomic E-state index is 0.0416. The summed E-state index contributed by atoms with van der Waals surface area (Å²) in [5.41, 5.74) is 0.0580. The van der Waals surface area contributed by atoms with E-state index in [1.807, 2.05) is 0 Å². The van der Waals surface area contributed by atoms with Gasteiger partial charge in [0.1, 0.15) is 11.6 Å². The minimum Gasteiger partial charge on any atom is -0.207 e. The Morgan fingerprint density at radius 1 is 0.778 bits per heavy atom. The highest BCUT2D eigenvalue weighted by Gasteiger charge is 2.13. The molecule has 0 atom stereocenters. The van der Waals surface area contributed by atoms with Gasteiger partial charge in [-0.2, -0.15) is 0 Å². The Bertz CT molecular complexity index is 591. The molecule has 2 rings (SSSR count). The molecule has 0 aliphatic rings. The van der Waals surface area contributed by atoms with E-state index in [2.05, 4.69) is 0 Å². The van der Waals surface area contributed by atoms with Gasteiger partial charge in [-0.15, -0.1) is 0 Å². The summed E-state index contributed by atoms with van der Waals surface area (Å²) in [6, 6.07) is 6.07. The lowest BCUT2D eigenvalue weighted by atomic mass is 10.0. The molecule has 0 nitrogen and oxygen atoms in total. The van der Waals surface area contributed by atoms with Crippen LogP contribution < -0.4 is 0 Å². The summed E-state index contributed by atoms with van der Waals surface area (Å²) in [5, 5.41) is 0. The van der Waals surface area contributed by atoms with Gasteiger partial charge in [0.05, 0.1) is 0 Å². The largest absolute Gasteiger partial charge is 0.207 e. The molecule has 0 heterocycles. The summed E-state index contributed by atoms with van der Waals surface area (Å²) in [4.78, 5) is 0. The Labute approximate surface area is 102 Å². The van der Waals surface area contributed by atoms with E-state index < -0.39 is 23.3 Å². The lowest BCUT2D eigenvalue weighted by Gasteiger charge is -2.08. The molecule has 0 spiro atoms. The lowest BCUT2D eigenvalue weighted by Crippen LogP contribution is -2.00. The predicted molar refractivity (Wildman–Crippen MR) is 60.3 cm³/mol. The molecule has 94 valence electrons. The predicted octanol–water partition coefficient (Wildman–Crippen LogP) is 4.14. The van der Waals surface area contributed by atoms with Gasteiger partial charge in [-0.3, -0.25) is 0 Å². The van der Waals surface area contributed by atoms with E-state index in [9.17, 15) is 17.6 Å². The molecule has 18 heavy (non-hydrogen) atoms. The van der Waals surface area contributed by atoms with Crippen molar-refractivity contribution < 1.29 is 17.6 Å². The molecular formula is C14H10F4. The van der Waals surface area contributed by atoms with Crippen LogP contribution in [-0.2, 0) is 6.42 Å². The number of rotatable bonds is 2. The molecule has 0 aromatic heterocycles. The standard InChI is InChI=1S/C14H10F4/c1-8-11(15)6-5-10(13(8)17)7-9-3-2-4-12(16)14(9)18/h2-6H,7H2,1H3. The van der Waals surface area contributed by atoms with Gasteiger partial charge >= 0.3 is 0 Å². The van der Waals surface area contributed by atoms with Gasteiger partial charge in [-0.25, -0.2) is 17.6 Å². The normalized spacial score (nSPS) is 10.7. The van der Waals surface area contributed by atoms with Crippen molar-refractivity contribution in [3.8, 4) is 0 Å². The van der Waals surface area contributed by atoms with E-state index >= 15 is 0 Å². The van der Waals surface area contributed by atoms with Crippen molar-refractivity contribution in [2.75, 3.05) is 0 Å². The minimum atomic E-state index is -1.00. The van der Waals surface area contributed by atoms with Gasteiger partial charge in [0.2, 0.25) is 0 Å². The summed E-state index contributed by atoms with van der Waals surface area (Å²) in [7, 11) is 0. The quantitative estimate of drug-likeness (QED) is 0.706. The first-order valence-electron chi connectivity index (χ1n) is 5.37. The third-order valence-electron chi connectivity index (χ3n) is 2.81. The molecule has 2 aromatic carbocycles. The number of hydrogen-bond acceptors (Lipinski definition) is 0. The van der Waals surface area contributed by atoms with E-state index in [-0.39, 0.29) is 23.1 Å². The Balaban J connectivity index is 2.41.